The van der Waals surface area contributed by atoms with Crippen molar-refractivity contribution in [3.05, 3.63) is 56.6 Å². The topological polar surface area (TPSA) is 69.4 Å². The zero-order valence-corrected chi connectivity index (χ0v) is 13.9. The molecule has 0 radical (unpaired) electrons. The van der Waals surface area contributed by atoms with Gasteiger partial charge in [0.2, 0.25) is 10.0 Å². The summed E-state index contributed by atoms with van der Waals surface area (Å²) in [5.41, 5.74) is 0.931. The van der Waals surface area contributed by atoms with Gasteiger partial charge in [-0.2, -0.15) is 0 Å². The number of hydrogen-bond donors (Lipinski definition) is 1. The van der Waals surface area contributed by atoms with Gasteiger partial charge in [-0.05, 0) is 58.5 Å². The Hall–Kier alpha value is -0.830. The molecule has 0 fully saturated rings. The van der Waals surface area contributed by atoms with Gasteiger partial charge in [-0.15, -0.1) is 0 Å². The van der Waals surface area contributed by atoms with Crippen molar-refractivity contribution in [3.8, 4) is 5.75 Å². The van der Waals surface area contributed by atoms with Crippen LogP contribution < -0.4 is 9.88 Å². The number of hydrogen-bond acceptors (Lipinski definition) is 3. The zero-order chi connectivity index (χ0) is 14.8. The molecular formula is C13H11ClINO3S. The fourth-order valence-electron chi connectivity index (χ4n) is 1.57. The lowest BCUT2D eigenvalue weighted by molar-refractivity contribution is 0.298. The van der Waals surface area contributed by atoms with Gasteiger partial charge in [0.15, 0.2) is 0 Å². The number of rotatable bonds is 4. The van der Waals surface area contributed by atoms with E-state index >= 15 is 0 Å². The Balaban J connectivity index is 2.23. The van der Waals surface area contributed by atoms with E-state index in [0.29, 0.717) is 0 Å². The highest BCUT2D eigenvalue weighted by Crippen LogP contribution is 2.27. The minimum absolute atomic E-state index is 0.115. The normalized spacial score (nSPS) is 11.3. The summed E-state index contributed by atoms with van der Waals surface area (Å²) >= 11 is 7.99. The van der Waals surface area contributed by atoms with Crippen LogP contribution in [0, 0.1) is 3.57 Å². The summed E-state index contributed by atoms with van der Waals surface area (Å²) in [6, 6.07) is 12.0. The number of benzene rings is 2. The molecule has 4 nitrogen and oxygen atoms in total. The maximum Gasteiger partial charge on any atom is 0.241 e. The Morgan fingerprint density at radius 2 is 1.80 bits per heavy atom. The average Bonchev–Trinajstić information content (AvgIpc) is 2.38. The van der Waals surface area contributed by atoms with E-state index in [4.69, 9.17) is 21.5 Å². The highest BCUT2D eigenvalue weighted by molar-refractivity contribution is 14.1. The van der Waals surface area contributed by atoms with E-state index in [1.165, 1.54) is 12.1 Å². The summed E-state index contributed by atoms with van der Waals surface area (Å²) in [4.78, 5) is -0.115. The summed E-state index contributed by atoms with van der Waals surface area (Å²) in [6.07, 6.45) is 0. The van der Waals surface area contributed by atoms with Gasteiger partial charge >= 0.3 is 0 Å². The average molecular weight is 424 g/mol. The van der Waals surface area contributed by atoms with Crippen molar-refractivity contribution in [2.45, 2.75) is 11.5 Å². The van der Waals surface area contributed by atoms with E-state index in [2.05, 4.69) is 22.6 Å². The monoisotopic (exact) mass is 423 g/mol. The molecule has 0 bridgehead atoms. The van der Waals surface area contributed by atoms with Crippen LogP contribution in [0.2, 0.25) is 5.02 Å². The fourth-order valence-corrected chi connectivity index (χ4v) is 2.86. The molecule has 2 rings (SSSR count). The van der Waals surface area contributed by atoms with Crippen molar-refractivity contribution >= 4 is 44.2 Å². The largest absolute Gasteiger partial charge is 0.487 e. The predicted octanol–water partition coefficient (Wildman–Crippen LogP) is 3.17. The van der Waals surface area contributed by atoms with Crippen LogP contribution in [0.5, 0.6) is 5.75 Å². The summed E-state index contributed by atoms with van der Waals surface area (Å²) in [6.45, 7) is 0.251. The number of nitrogens with two attached hydrogens (primary N) is 1. The van der Waals surface area contributed by atoms with E-state index in [1.54, 1.807) is 6.07 Å². The highest BCUT2D eigenvalue weighted by atomic mass is 127. The third-order valence-corrected chi connectivity index (χ3v) is 4.41. The van der Waals surface area contributed by atoms with Crippen molar-refractivity contribution in [2.75, 3.05) is 0 Å². The minimum Gasteiger partial charge on any atom is -0.487 e. The van der Waals surface area contributed by atoms with Gasteiger partial charge in [-0.3, -0.25) is 0 Å². The minimum atomic E-state index is -3.88. The Labute approximate surface area is 136 Å². The lowest BCUT2D eigenvalue weighted by atomic mass is 10.2. The molecule has 7 heteroatoms. The molecule has 0 aromatic heterocycles. The quantitative estimate of drug-likeness (QED) is 0.768. The third-order valence-electron chi connectivity index (χ3n) is 2.52. The van der Waals surface area contributed by atoms with E-state index in [1.807, 2.05) is 24.3 Å². The van der Waals surface area contributed by atoms with Gasteiger partial charge < -0.3 is 4.74 Å². The van der Waals surface area contributed by atoms with Crippen LogP contribution in [-0.4, -0.2) is 8.42 Å². The molecule has 0 aliphatic rings. The maximum atomic E-state index is 11.5. The van der Waals surface area contributed by atoms with Gasteiger partial charge in [0.1, 0.15) is 17.3 Å². The molecule has 0 saturated carbocycles. The first kappa shape index (κ1) is 15.6. The van der Waals surface area contributed by atoms with Crippen molar-refractivity contribution in [1.29, 1.82) is 0 Å². The molecule has 0 amide bonds. The molecular weight excluding hydrogens is 413 g/mol. The van der Waals surface area contributed by atoms with Crippen LogP contribution in [0.4, 0.5) is 0 Å². The van der Waals surface area contributed by atoms with Crippen LogP contribution in [0.3, 0.4) is 0 Å². The van der Waals surface area contributed by atoms with E-state index in [9.17, 15) is 8.42 Å². The maximum absolute atomic E-state index is 11.5. The second-order valence-corrected chi connectivity index (χ2v) is 7.26. The predicted molar refractivity (Wildman–Crippen MR) is 86.3 cm³/mol. The standard InChI is InChI=1S/C13H11ClINO3S/c14-10-3-6-12(13(7-10)20(16,17)18)19-8-9-1-4-11(15)5-2-9/h1-7H,8H2,(H2,16,17,18). The van der Waals surface area contributed by atoms with Gasteiger partial charge in [0.05, 0.1) is 0 Å². The molecule has 0 aliphatic heterocycles. The van der Waals surface area contributed by atoms with Crippen molar-refractivity contribution < 1.29 is 13.2 Å². The Kier molecular flexibility index (Phi) is 4.90. The van der Waals surface area contributed by atoms with E-state index in [0.717, 1.165) is 9.13 Å². The summed E-state index contributed by atoms with van der Waals surface area (Å²) in [7, 11) is -3.88. The van der Waals surface area contributed by atoms with Gasteiger partial charge in [-0.25, -0.2) is 13.6 Å². The van der Waals surface area contributed by atoms with Crippen molar-refractivity contribution in [3.63, 3.8) is 0 Å². The van der Waals surface area contributed by atoms with Crippen molar-refractivity contribution in [1.82, 2.24) is 0 Å². The van der Waals surface area contributed by atoms with Crippen molar-refractivity contribution in [2.24, 2.45) is 5.14 Å². The lowest BCUT2D eigenvalue weighted by Crippen LogP contribution is -2.14. The molecule has 0 heterocycles. The third kappa shape index (κ3) is 4.08. The number of primary sulfonamides is 1. The van der Waals surface area contributed by atoms with E-state index in [-0.39, 0.29) is 22.3 Å². The Bertz CT molecular complexity index is 717. The zero-order valence-electron chi connectivity index (χ0n) is 10.2. The smallest absolute Gasteiger partial charge is 0.241 e. The van der Waals surface area contributed by atoms with Crippen LogP contribution in [-0.2, 0) is 16.6 Å². The van der Waals surface area contributed by atoms with Gasteiger partial charge in [0.25, 0.3) is 0 Å². The lowest BCUT2D eigenvalue weighted by Gasteiger charge is -2.10. The summed E-state index contributed by atoms with van der Waals surface area (Å²) in [5.74, 6) is 0.190. The molecule has 0 spiro atoms. The summed E-state index contributed by atoms with van der Waals surface area (Å²) < 4.78 is 29.6. The molecule has 2 aromatic carbocycles. The molecule has 0 atom stereocenters. The second-order valence-electron chi connectivity index (χ2n) is 4.05. The molecule has 2 aromatic rings. The number of sulfonamides is 1. The Morgan fingerprint density at radius 3 is 2.40 bits per heavy atom. The van der Waals surface area contributed by atoms with E-state index < -0.39 is 10.0 Å². The van der Waals surface area contributed by atoms with Crippen LogP contribution in [0.1, 0.15) is 5.56 Å². The summed E-state index contributed by atoms with van der Waals surface area (Å²) in [5, 5.41) is 5.44. The van der Waals surface area contributed by atoms with Gasteiger partial charge in [0, 0.05) is 8.59 Å². The SMILES string of the molecule is NS(=O)(=O)c1cc(Cl)ccc1OCc1ccc(I)cc1. The fraction of sp³-hybridized carbons (Fsp3) is 0.0769. The molecule has 0 saturated heterocycles. The number of ether oxygens (including phenoxy) is 1. The first-order chi connectivity index (χ1) is 9.36. The molecule has 0 unspecified atom stereocenters. The first-order valence-electron chi connectivity index (χ1n) is 5.56. The van der Waals surface area contributed by atoms with Crippen LogP contribution in [0.15, 0.2) is 47.4 Å². The number of halogens is 2. The first-order valence-corrected chi connectivity index (χ1v) is 8.56. The molecule has 0 aliphatic carbocycles. The van der Waals surface area contributed by atoms with Gasteiger partial charge in [-0.1, -0.05) is 23.7 Å². The van der Waals surface area contributed by atoms with Crippen LogP contribution in [0.25, 0.3) is 0 Å². The highest BCUT2D eigenvalue weighted by Gasteiger charge is 2.16. The molecule has 2 N–H and O–H groups in total. The molecule has 20 heavy (non-hydrogen) atoms. The molecule has 106 valence electrons. The Morgan fingerprint density at radius 1 is 1.15 bits per heavy atom. The second kappa shape index (κ2) is 6.30. The van der Waals surface area contributed by atoms with Crippen LogP contribution >= 0.6 is 34.2 Å².